The van der Waals surface area contributed by atoms with Crippen molar-refractivity contribution >= 4 is 43.6 Å². The Kier molecular flexibility index (Phi) is 1.22. The summed E-state index contributed by atoms with van der Waals surface area (Å²) in [6.45, 7) is 0. The van der Waals surface area contributed by atoms with E-state index in [1.165, 1.54) is 11.6 Å². The van der Waals surface area contributed by atoms with Gasteiger partial charge in [-0.05, 0) is 24.2 Å². The number of aromatic nitrogens is 2. The average Bonchev–Trinajstić information content (AvgIpc) is 3.47. The Bertz CT molecular complexity index is 2180. The first-order chi connectivity index (χ1) is 19.6. The highest BCUT2D eigenvalue weighted by atomic mass is 15.0. The zero-order valence-electron chi connectivity index (χ0n) is 28.9. The second kappa shape index (κ2) is 5.24. The molecule has 0 spiro atoms. The van der Waals surface area contributed by atoms with Gasteiger partial charge in [-0.15, -0.1) is 0 Å². The van der Waals surface area contributed by atoms with Crippen molar-refractivity contribution in [2.75, 3.05) is 0 Å². The molecule has 2 aromatic heterocycles. The van der Waals surface area contributed by atoms with Gasteiger partial charge in [0.25, 0.3) is 0 Å². The number of fused-ring (bicyclic) bond motifs is 6. The van der Waals surface area contributed by atoms with Crippen molar-refractivity contribution in [3.63, 3.8) is 0 Å². The van der Waals surface area contributed by atoms with E-state index in [1.807, 2.05) is 0 Å². The average molecular weight is 362 g/mol. The quantitative estimate of drug-likeness (QED) is 0.319. The fourth-order valence-corrected chi connectivity index (χ4v) is 3.55. The van der Waals surface area contributed by atoms with E-state index >= 15 is 0 Å². The third kappa shape index (κ3) is 1.85. The maximum atomic E-state index is 8.95. The van der Waals surface area contributed by atoms with Crippen LogP contribution in [0.3, 0.4) is 0 Å². The van der Waals surface area contributed by atoms with Crippen molar-refractivity contribution in [1.29, 1.82) is 0 Å². The van der Waals surface area contributed by atoms with Crippen molar-refractivity contribution in [3.05, 3.63) is 90.6 Å². The number of para-hydroxylation sites is 4. The van der Waals surface area contributed by atoms with Crippen LogP contribution < -0.4 is 0 Å². The molecule has 0 saturated carbocycles. The Morgan fingerprint density at radius 3 is 1.67 bits per heavy atom. The number of hydrogen-bond acceptors (Lipinski definition) is 0. The van der Waals surface area contributed by atoms with E-state index in [0.717, 1.165) is 4.57 Å². The van der Waals surface area contributed by atoms with Crippen LogP contribution in [0.1, 0.15) is 20.6 Å². The van der Waals surface area contributed by atoms with Crippen molar-refractivity contribution in [3.8, 4) is 5.69 Å². The highest BCUT2D eigenvalue weighted by Crippen LogP contribution is 2.37. The zero-order valence-corrected chi connectivity index (χ0v) is 13.9. The van der Waals surface area contributed by atoms with Gasteiger partial charge in [-0.25, -0.2) is 0 Å². The minimum absolute atomic E-state index is 0.0414. The SMILES string of the molecule is [2H]c1c([2H])c([2H])c2c(c1[2H])c1c([2H])c([2H])c([2H])c(-n3c4c([2H])c([2H])c([2H])c([2H])c4c4c([2H])c([2H])c([2H])c([2H])c43)c1n2C. The van der Waals surface area contributed by atoms with Gasteiger partial charge in [0, 0.05) is 34.1 Å². The number of aryl methyl sites for hydroxylation is 1. The molecule has 2 nitrogen and oxygen atoms in total. The summed E-state index contributed by atoms with van der Waals surface area (Å²) in [5.41, 5.74) is -0.960. The first-order valence-corrected chi connectivity index (χ1v) is 8.07. The van der Waals surface area contributed by atoms with Crippen LogP contribution in [0.15, 0.2) is 90.6 Å². The molecule has 6 aromatic rings. The van der Waals surface area contributed by atoms with Crippen LogP contribution in [-0.4, -0.2) is 9.13 Å². The summed E-state index contributed by atoms with van der Waals surface area (Å²) in [5.74, 6) is 0. The summed E-state index contributed by atoms with van der Waals surface area (Å²) in [7, 11) is 1.43. The molecule has 0 aliphatic carbocycles. The van der Waals surface area contributed by atoms with Crippen LogP contribution in [0.2, 0.25) is 0 Å². The number of nitrogens with zero attached hydrogens (tertiary/aromatic N) is 2. The monoisotopic (exact) mass is 361 g/mol. The molecular formula is C25H18N2. The van der Waals surface area contributed by atoms with E-state index in [0.29, 0.717) is 0 Å². The number of benzene rings is 4. The molecule has 2 heteroatoms. The minimum Gasteiger partial charge on any atom is -0.342 e. The lowest BCUT2D eigenvalue weighted by atomic mass is 10.1. The third-order valence-corrected chi connectivity index (χ3v) is 4.67. The van der Waals surface area contributed by atoms with Gasteiger partial charge in [0.2, 0.25) is 0 Å². The molecule has 0 fully saturated rings. The Morgan fingerprint density at radius 2 is 1.04 bits per heavy atom. The minimum atomic E-state index is -0.672. The molecule has 4 aromatic carbocycles. The summed E-state index contributed by atoms with van der Waals surface area (Å²) in [5, 5.41) is -0.685. The Hall–Kier alpha value is -3.52. The Labute approximate surface area is 177 Å². The molecule has 0 N–H and O–H groups in total. The van der Waals surface area contributed by atoms with Crippen molar-refractivity contribution in [2.45, 2.75) is 0 Å². The third-order valence-electron chi connectivity index (χ3n) is 4.67. The predicted octanol–water partition coefficient (Wildman–Crippen LogP) is 6.43. The van der Waals surface area contributed by atoms with Crippen LogP contribution in [0.5, 0.6) is 0 Å². The van der Waals surface area contributed by atoms with Gasteiger partial charge < -0.3 is 9.13 Å². The molecule has 0 atom stereocenters. The molecule has 0 aliphatic rings. The van der Waals surface area contributed by atoms with E-state index in [2.05, 4.69) is 0 Å². The molecule has 0 bridgehead atoms. The first kappa shape index (κ1) is 6.28. The van der Waals surface area contributed by atoms with Gasteiger partial charge in [-0.2, -0.15) is 0 Å². The molecule has 0 radical (unpaired) electrons. The van der Waals surface area contributed by atoms with Crippen molar-refractivity contribution < 1.29 is 20.6 Å². The smallest absolute Gasteiger partial charge is 0.0733 e. The molecule has 128 valence electrons. The molecular weight excluding hydrogens is 328 g/mol. The second-order valence-electron chi connectivity index (χ2n) is 6.01. The van der Waals surface area contributed by atoms with E-state index in [4.69, 9.17) is 20.6 Å². The van der Waals surface area contributed by atoms with E-state index in [-0.39, 0.29) is 49.3 Å². The number of rotatable bonds is 1. The zero-order chi connectivity index (χ0) is 31.0. The van der Waals surface area contributed by atoms with E-state index in [1.54, 1.807) is 0 Å². The standard InChI is InChI=1S/C25H18N2/c1-26-21-13-5-2-11-19(21)20-12-8-16-24(25(20)26)27-22-14-6-3-9-17(22)18-10-4-7-15-23(18)27/h2-16H,1H3/i2D,3D,4D,5D,6D,7D,8D,9D,10D,11D,12D,13D,14D,15D,16D. The molecule has 0 saturated heterocycles. The Balaban J connectivity index is 2.07. The molecule has 0 aliphatic heterocycles. The van der Waals surface area contributed by atoms with Crippen LogP contribution in [0.25, 0.3) is 49.3 Å². The molecule has 27 heavy (non-hydrogen) atoms. The maximum absolute atomic E-state index is 8.95. The van der Waals surface area contributed by atoms with Gasteiger partial charge in [-0.1, -0.05) is 66.5 Å². The highest BCUT2D eigenvalue weighted by molar-refractivity contribution is 6.14. The van der Waals surface area contributed by atoms with E-state index < -0.39 is 90.6 Å². The topological polar surface area (TPSA) is 9.86 Å². The first-order valence-electron chi connectivity index (χ1n) is 15.6. The van der Waals surface area contributed by atoms with Crippen LogP contribution in [0, 0.1) is 0 Å². The van der Waals surface area contributed by atoms with Gasteiger partial charge in [0.05, 0.1) is 42.8 Å². The lowest BCUT2D eigenvalue weighted by Crippen LogP contribution is -1.98. The maximum Gasteiger partial charge on any atom is 0.0733 e. The summed E-state index contributed by atoms with van der Waals surface area (Å²) >= 11 is 0. The van der Waals surface area contributed by atoms with Crippen LogP contribution in [-0.2, 0) is 7.05 Å². The van der Waals surface area contributed by atoms with Gasteiger partial charge >= 0.3 is 0 Å². The summed E-state index contributed by atoms with van der Waals surface area (Å²) < 4.78 is 130. The van der Waals surface area contributed by atoms with Crippen LogP contribution in [0.4, 0.5) is 0 Å². The molecule has 0 amide bonds. The highest BCUT2D eigenvalue weighted by Gasteiger charge is 2.16. The van der Waals surface area contributed by atoms with Gasteiger partial charge in [0.1, 0.15) is 0 Å². The fraction of sp³-hybridized carbons (Fsp3) is 0.0400. The summed E-state index contributed by atoms with van der Waals surface area (Å²) in [4.78, 5) is 0. The van der Waals surface area contributed by atoms with Crippen LogP contribution >= 0.6 is 0 Å². The molecule has 0 unspecified atom stereocenters. The van der Waals surface area contributed by atoms with Gasteiger partial charge in [0.15, 0.2) is 0 Å². The fourth-order valence-electron chi connectivity index (χ4n) is 3.55. The summed E-state index contributed by atoms with van der Waals surface area (Å²) in [6.07, 6.45) is 0. The second-order valence-corrected chi connectivity index (χ2v) is 6.01. The predicted molar refractivity (Wildman–Crippen MR) is 115 cm³/mol. The normalized spacial score (nSPS) is 19.7. The number of hydrogen-bond donors (Lipinski definition) is 0. The lowest BCUT2D eigenvalue weighted by molar-refractivity contribution is 1.00. The van der Waals surface area contributed by atoms with Gasteiger partial charge in [-0.3, -0.25) is 0 Å². The molecule has 6 rings (SSSR count). The molecule has 2 heterocycles. The summed E-state index contributed by atoms with van der Waals surface area (Å²) in [6, 6.07) is -8.89. The van der Waals surface area contributed by atoms with E-state index in [9.17, 15) is 0 Å². The largest absolute Gasteiger partial charge is 0.342 e. The van der Waals surface area contributed by atoms with Crippen molar-refractivity contribution in [2.24, 2.45) is 7.05 Å². The Morgan fingerprint density at radius 1 is 0.556 bits per heavy atom. The van der Waals surface area contributed by atoms with Crippen molar-refractivity contribution in [1.82, 2.24) is 9.13 Å². The lowest BCUT2D eigenvalue weighted by Gasteiger charge is -2.11.